The highest BCUT2D eigenvalue weighted by Gasteiger charge is 2.16. The predicted molar refractivity (Wildman–Crippen MR) is 179 cm³/mol. The van der Waals surface area contributed by atoms with Crippen LogP contribution in [-0.4, -0.2) is 0 Å². The summed E-state index contributed by atoms with van der Waals surface area (Å²) >= 11 is 0. The molecule has 6 aromatic rings. The van der Waals surface area contributed by atoms with E-state index in [0.29, 0.717) is 0 Å². The number of hydrogen-bond acceptors (Lipinski definition) is 2. The van der Waals surface area contributed by atoms with Crippen LogP contribution in [0.5, 0.6) is 11.5 Å². The molecule has 0 saturated carbocycles. The van der Waals surface area contributed by atoms with Crippen LogP contribution in [0.3, 0.4) is 0 Å². The van der Waals surface area contributed by atoms with Crippen molar-refractivity contribution in [2.45, 2.75) is 25.7 Å². The second-order valence-electron chi connectivity index (χ2n) is 10.7. The van der Waals surface area contributed by atoms with Gasteiger partial charge in [0.15, 0.2) is 0 Å². The molecule has 6 rings (SSSR count). The first kappa shape index (κ1) is 28.5. The van der Waals surface area contributed by atoms with Crippen molar-refractivity contribution < 1.29 is 9.05 Å². The molecule has 0 radical (unpaired) electrons. The molecule has 6 aromatic carbocycles. The van der Waals surface area contributed by atoms with Crippen LogP contribution in [0.1, 0.15) is 44.5 Å². The van der Waals surface area contributed by atoms with Crippen molar-refractivity contribution in [1.82, 2.24) is 0 Å². The fourth-order valence-electron chi connectivity index (χ4n) is 5.46. The largest absolute Gasteiger partial charge is 0.440 e. The van der Waals surface area contributed by atoms with Crippen molar-refractivity contribution in [2.75, 3.05) is 0 Å². The van der Waals surface area contributed by atoms with Gasteiger partial charge in [0.2, 0.25) is 0 Å². The third-order valence-corrected chi connectivity index (χ3v) is 8.17. The van der Waals surface area contributed by atoms with Crippen LogP contribution in [0.4, 0.5) is 0 Å². The first-order valence-corrected chi connectivity index (χ1v) is 15.6. The molecule has 212 valence electrons. The fraction of sp³-hybridized carbons (Fsp3) is 0.100. The smallest absolute Gasteiger partial charge is 0.275 e. The lowest BCUT2D eigenvalue weighted by atomic mass is 9.98. The summed E-state index contributed by atoms with van der Waals surface area (Å²) < 4.78 is 13.3. The predicted octanol–water partition coefficient (Wildman–Crippen LogP) is 10.0. The lowest BCUT2D eigenvalue weighted by Crippen LogP contribution is -2.01. The van der Waals surface area contributed by atoms with Gasteiger partial charge in [0.1, 0.15) is 11.5 Å². The van der Waals surface area contributed by atoms with E-state index in [4.69, 9.17) is 9.05 Å². The van der Waals surface area contributed by atoms with Gasteiger partial charge in [-0.3, -0.25) is 0 Å². The van der Waals surface area contributed by atoms with E-state index in [0.717, 1.165) is 59.4 Å². The second kappa shape index (κ2) is 14.5. The van der Waals surface area contributed by atoms with Gasteiger partial charge in [0.05, 0.1) is 0 Å². The molecule has 0 heterocycles. The van der Waals surface area contributed by atoms with Crippen LogP contribution in [0, 0.1) is 0 Å². The van der Waals surface area contributed by atoms with E-state index in [1.54, 1.807) is 0 Å². The maximum Gasteiger partial charge on any atom is 0.275 e. The van der Waals surface area contributed by atoms with Gasteiger partial charge in [-0.2, -0.15) is 0 Å². The van der Waals surface area contributed by atoms with E-state index >= 15 is 0 Å². The normalized spacial score (nSPS) is 10.8. The first-order valence-electron chi connectivity index (χ1n) is 14.8. The molecule has 43 heavy (non-hydrogen) atoms. The summed E-state index contributed by atoms with van der Waals surface area (Å²) in [6, 6.07) is 55.3. The molecular weight excluding hydrogens is 543 g/mol. The lowest BCUT2D eigenvalue weighted by molar-refractivity contribution is 0.503. The molecule has 0 aliphatic rings. The first-order chi connectivity index (χ1) is 21.3. The molecule has 0 saturated heterocycles. The van der Waals surface area contributed by atoms with Crippen molar-refractivity contribution >= 4 is 9.03 Å². The molecule has 0 N–H and O–H groups in total. The molecular formula is C40H35O2P. The van der Waals surface area contributed by atoms with E-state index in [1.165, 1.54) is 22.3 Å². The quantitative estimate of drug-likeness (QED) is 0.135. The van der Waals surface area contributed by atoms with Crippen LogP contribution in [0.25, 0.3) is 0 Å². The van der Waals surface area contributed by atoms with Gasteiger partial charge in [-0.1, -0.05) is 158 Å². The Balaban J connectivity index is 1.29. The van der Waals surface area contributed by atoms with Crippen LogP contribution < -0.4 is 9.05 Å². The van der Waals surface area contributed by atoms with Crippen LogP contribution >= 0.6 is 9.03 Å². The number of hydrogen-bond donors (Lipinski definition) is 0. The summed E-state index contributed by atoms with van der Waals surface area (Å²) in [7, 11) is -0.185. The zero-order valence-corrected chi connectivity index (χ0v) is 25.2. The highest BCUT2D eigenvalue weighted by molar-refractivity contribution is 7.27. The standard InChI is InChI=1S/C40H35O2P/c1-5-15-31(16-6-1)27-35-23-13-24-36(28-32-17-7-2-8-18-32)39(35)41-43-42-40-37(29-33-19-9-3-10-20-33)25-14-26-38(40)30-34-21-11-4-12-22-34/h1-26,43H,27-30H2. The minimum Gasteiger partial charge on any atom is -0.440 e. The second-order valence-corrected chi connectivity index (χ2v) is 11.3. The average Bonchev–Trinajstić information content (AvgIpc) is 3.05. The number of para-hydroxylation sites is 2. The monoisotopic (exact) mass is 578 g/mol. The average molecular weight is 579 g/mol. The minimum absolute atomic E-state index is 0.185. The molecule has 3 heteroatoms. The molecule has 0 unspecified atom stereocenters. The Kier molecular flexibility index (Phi) is 9.60. The maximum atomic E-state index is 6.63. The Hall–Kier alpha value is -4.65. The molecule has 0 atom stereocenters. The van der Waals surface area contributed by atoms with Crippen LogP contribution in [0.2, 0.25) is 0 Å². The van der Waals surface area contributed by atoms with Gasteiger partial charge in [-0.05, 0) is 44.5 Å². The van der Waals surface area contributed by atoms with E-state index in [-0.39, 0.29) is 9.03 Å². The molecule has 0 aliphatic carbocycles. The van der Waals surface area contributed by atoms with E-state index in [2.05, 4.69) is 158 Å². The highest BCUT2D eigenvalue weighted by atomic mass is 31.1. The molecule has 0 fully saturated rings. The van der Waals surface area contributed by atoms with Crippen molar-refractivity contribution in [3.8, 4) is 11.5 Å². The number of rotatable bonds is 12. The van der Waals surface area contributed by atoms with E-state index in [1.807, 2.05) is 0 Å². The van der Waals surface area contributed by atoms with Crippen molar-refractivity contribution in [2.24, 2.45) is 0 Å². The van der Waals surface area contributed by atoms with Crippen molar-refractivity contribution in [1.29, 1.82) is 0 Å². The zero-order valence-electron chi connectivity index (χ0n) is 24.2. The van der Waals surface area contributed by atoms with E-state index < -0.39 is 0 Å². The van der Waals surface area contributed by atoms with Crippen LogP contribution in [-0.2, 0) is 25.7 Å². The summed E-state index contributed by atoms with van der Waals surface area (Å²) in [6.45, 7) is 0. The Morgan fingerprint density at radius 1 is 0.302 bits per heavy atom. The zero-order chi connectivity index (χ0) is 29.1. The Labute approximate surface area is 256 Å². The van der Waals surface area contributed by atoms with Gasteiger partial charge >= 0.3 is 0 Å². The van der Waals surface area contributed by atoms with Gasteiger partial charge in [-0.15, -0.1) is 0 Å². The summed E-state index contributed by atoms with van der Waals surface area (Å²) in [6.07, 6.45) is 3.19. The number of benzene rings is 6. The SMILES string of the molecule is c1ccc(Cc2cccc(Cc3ccccc3)c2OPOc2c(Cc3ccccc3)cccc2Cc2ccccc2)cc1. The van der Waals surface area contributed by atoms with E-state index in [9.17, 15) is 0 Å². The molecule has 2 nitrogen and oxygen atoms in total. The summed E-state index contributed by atoms with van der Waals surface area (Å²) in [5.74, 6) is 1.83. The van der Waals surface area contributed by atoms with Gasteiger partial charge in [-0.25, -0.2) is 0 Å². The summed E-state index contributed by atoms with van der Waals surface area (Å²) in [4.78, 5) is 0. The molecule has 0 amide bonds. The minimum atomic E-state index is -0.185. The fourth-order valence-corrected chi connectivity index (χ4v) is 6.20. The third kappa shape index (κ3) is 7.80. The Bertz CT molecular complexity index is 1470. The molecule has 0 aliphatic heterocycles. The lowest BCUT2D eigenvalue weighted by Gasteiger charge is -2.19. The van der Waals surface area contributed by atoms with Gasteiger partial charge in [0.25, 0.3) is 9.03 Å². The van der Waals surface area contributed by atoms with Crippen molar-refractivity contribution in [3.05, 3.63) is 202 Å². The maximum absolute atomic E-state index is 6.63. The molecule has 0 spiro atoms. The topological polar surface area (TPSA) is 18.5 Å². The Morgan fingerprint density at radius 2 is 0.558 bits per heavy atom. The highest BCUT2D eigenvalue weighted by Crippen LogP contribution is 2.37. The van der Waals surface area contributed by atoms with Crippen LogP contribution in [0.15, 0.2) is 158 Å². The summed E-state index contributed by atoms with van der Waals surface area (Å²) in [5, 5.41) is 0. The molecule has 0 aromatic heterocycles. The molecule has 0 bridgehead atoms. The Morgan fingerprint density at radius 3 is 0.814 bits per heavy atom. The van der Waals surface area contributed by atoms with Gasteiger partial charge in [0, 0.05) is 25.7 Å². The summed E-state index contributed by atoms with van der Waals surface area (Å²) in [5.41, 5.74) is 9.68. The van der Waals surface area contributed by atoms with Crippen molar-refractivity contribution in [3.63, 3.8) is 0 Å². The third-order valence-electron chi connectivity index (χ3n) is 7.59. The van der Waals surface area contributed by atoms with Gasteiger partial charge < -0.3 is 9.05 Å².